The van der Waals surface area contributed by atoms with Gasteiger partial charge in [-0.3, -0.25) is 14.3 Å². The predicted octanol–water partition coefficient (Wildman–Crippen LogP) is 0.395. The van der Waals surface area contributed by atoms with Crippen LogP contribution in [0, 0.1) is 18.8 Å². The molecule has 0 N–H and O–H groups in total. The molecule has 0 radical (unpaired) electrons. The fourth-order valence-corrected chi connectivity index (χ4v) is 3.59. The summed E-state index contributed by atoms with van der Waals surface area (Å²) in [5.41, 5.74) is 0.923. The van der Waals surface area contributed by atoms with Crippen LogP contribution >= 0.6 is 0 Å². The summed E-state index contributed by atoms with van der Waals surface area (Å²) < 4.78 is 7.37. The van der Waals surface area contributed by atoms with Crippen molar-refractivity contribution in [3.63, 3.8) is 0 Å². The average molecular weight is 261 g/mol. The second-order valence-corrected chi connectivity index (χ2v) is 5.62. The summed E-state index contributed by atoms with van der Waals surface area (Å²) in [6.45, 7) is 1.90. The van der Waals surface area contributed by atoms with Crippen molar-refractivity contribution < 1.29 is 14.3 Å². The molecule has 100 valence electrons. The lowest BCUT2D eigenvalue weighted by molar-refractivity contribution is -0.124. The SMILES string of the molecule is Cc1cc(N2C(=O)[C@@H]3[C@@H](C2=O)[C@H]2CC[C@H]3O2)nn1C. The van der Waals surface area contributed by atoms with Crippen LogP contribution in [0.25, 0.3) is 0 Å². The van der Waals surface area contributed by atoms with E-state index in [1.165, 1.54) is 4.90 Å². The van der Waals surface area contributed by atoms with Crippen LogP contribution in [0.15, 0.2) is 6.07 Å². The van der Waals surface area contributed by atoms with Gasteiger partial charge in [0.1, 0.15) is 0 Å². The lowest BCUT2D eigenvalue weighted by atomic mass is 9.81. The van der Waals surface area contributed by atoms with Crippen LogP contribution in [0.1, 0.15) is 18.5 Å². The predicted molar refractivity (Wildman–Crippen MR) is 65.3 cm³/mol. The van der Waals surface area contributed by atoms with E-state index in [0.29, 0.717) is 5.82 Å². The van der Waals surface area contributed by atoms with Crippen molar-refractivity contribution in [2.45, 2.75) is 32.0 Å². The van der Waals surface area contributed by atoms with Gasteiger partial charge in [-0.1, -0.05) is 0 Å². The van der Waals surface area contributed by atoms with Crippen LogP contribution in [0.2, 0.25) is 0 Å². The van der Waals surface area contributed by atoms with Crippen LogP contribution in [0.4, 0.5) is 5.82 Å². The van der Waals surface area contributed by atoms with Crippen molar-refractivity contribution in [1.29, 1.82) is 0 Å². The van der Waals surface area contributed by atoms with Gasteiger partial charge in [-0.25, -0.2) is 4.90 Å². The summed E-state index contributed by atoms with van der Waals surface area (Å²) in [4.78, 5) is 26.2. The standard InChI is InChI=1S/C13H15N3O3/c1-6-5-9(14-15(6)2)16-12(17)10-7-3-4-8(19-7)11(10)13(16)18/h5,7-8,10-11H,3-4H2,1-2H3/t7-,8-,10+,11+/m1/s1. The number of hydrogen-bond acceptors (Lipinski definition) is 4. The summed E-state index contributed by atoms with van der Waals surface area (Å²) in [5.74, 6) is -0.397. The van der Waals surface area contributed by atoms with E-state index in [2.05, 4.69) is 5.10 Å². The van der Waals surface area contributed by atoms with E-state index < -0.39 is 0 Å². The monoisotopic (exact) mass is 261 g/mol. The molecule has 0 aliphatic carbocycles. The third kappa shape index (κ3) is 1.27. The van der Waals surface area contributed by atoms with E-state index in [4.69, 9.17) is 4.74 Å². The topological polar surface area (TPSA) is 64.4 Å². The highest BCUT2D eigenvalue weighted by Crippen LogP contribution is 2.49. The molecule has 6 heteroatoms. The van der Waals surface area contributed by atoms with Crippen LogP contribution in [-0.2, 0) is 21.4 Å². The molecule has 4 atom stereocenters. The largest absolute Gasteiger partial charge is 0.373 e. The van der Waals surface area contributed by atoms with E-state index in [0.717, 1.165) is 18.5 Å². The van der Waals surface area contributed by atoms with Gasteiger partial charge in [-0.2, -0.15) is 5.10 Å². The molecule has 2 bridgehead atoms. The van der Waals surface area contributed by atoms with E-state index in [9.17, 15) is 9.59 Å². The number of amides is 2. The third-order valence-corrected chi connectivity index (χ3v) is 4.61. The Kier molecular flexibility index (Phi) is 2.02. The second-order valence-electron chi connectivity index (χ2n) is 5.62. The maximum absolute atomic E-state index is 12.5. The molecule has 3 saturated heterocycles. The number of carbonyl (C=O) groups excluding carboxylic acids is 2. The first kappa shape index (κ1) is 11.2. The Hall–Kier alpha value is -1.69. The quantitative estimate of drug-likeness (QED) is 0.686. The average Bonchev–Trinajstić information content (AvgIpc) is 3.07. The number of ether oxygens (including phenoxy) is 1. The van der Waals surface area contributed by atoms with E-state index in [1.54, 1.807) is 17.8 Å². The molecule has 3 aliphatic rings. The molecule has 3 fully saturated rings. The molecule has 0 aromatic carbocycles. The number of anilines is 1. The Morgan fingerprint density at radius 1 is 1.21 bits per heavy atom. The molecule has 6 nitrogen and oxygen atoms in total. The fraction of sp³-hybridized carbons (Fsp3) is 0.615. The van der Waals surface area contributed by atoms with Crippen molar-refractivity contribution in [3.05, 3.63) is 11.8 Å². The van der Waals surface area contributed by atoms with Gasteiger partial charge < -0.3 is 4.74 Å². The molecule has 3 aliphatic heterocycles. The number of hydrogen-bond donors (Lipinski definition) is 0. The fourth-order valence-electron chi connectivity index (χ4n) is 3.59. The molecule has 19 heavy (non-hydrogen) atoms. The van der Waals surface area contributed by atoms with Gasteiger partial charge in [0, 0.05) is 18.8 Å². The van der Waals surface area contributed by atoms with Crippen molar-refractivity contribution in [1.82, 2.24) is 9.78 Å². The van der Waals surface area contributed by atoms with Gasteiger partial charge in [0.25, 0.3) is 0 Å². The molecule has 4 rings (SSSR count). The summed E-state index contributed by atoms with van der Waals surface area (Å²) in [7, 11) is 1.80. The number of fused-ring (bicyclic) bond motifs is 5. The van der Waals surface area contributed by atoms with E-state index in [-0.39, 0.29) is 35.9 Å². The highest BCUT2D eigenvalue weighted by atomic mass is 16.5. The summed E-state index contributed by atoms with van der Waals surface area (Å²) in [5, 5.41) is 4.25. The van der Waals surface area contributed by atoms with Crippen LogP contribution in [0.3, 0.4) is 0 Å². The Bertz CT molecular complexity index is 546. The van der Waals surface area contributed by atoms with Gasteiger partial charge >= 0.3 is 0 Å². The molecule has 4 heterocycles. The maximum Gasteiger partial charge on any atom is 0.241 e. The first-order valence-electron chi connectivity index (χ1n) is 6.62. The Morgan fingerprint density at radius 3 is 2.26 bits per heavy atom. The summed E-state index contributed by atoms with van der Waals surface area (Å²) in [6.07, 6.45) is 1.64. The molecule has 0 saturated carbocycles. The van der Waals surface area contributed by atoms with E-state index in [1.807, 2.05) is 6.92 Å². The number of aromatic nitrogens is 2. The lowest BCUT2D eigenvalue weighted by Crippen LogP contribution is -2.34. The molecule has 0 spiro atoms. The molecule has 0 unspecified atom stereocenters. The van der Waals surface area contributed by atoms with Gasteiger partial charge in [-0.15, -0.1) is 0 Å². The number of aryl methyl sites for hydroxylation is 2. The molecule has 1 aromatic heterocycles. The number of nitrogens with zero attached hydrogens (tertiary/aromatic N) is 3. The Labute approximate surface area is 110 Å². The van der Waals surface area contributed by atoms with E-state index >= 15 is 0 Å². The number of carbonyl (C=O) groups is 2. The van der Waals surface area contributed by atoms with Crippen molar-refractivity contribution in [2.75, 3.05) is 4.90 Å². The zero-order valence-corrected chi connectivity index (χ0v) is 10.9. The summed E-state index contributed by atoms with van der Waals surface area (Å²) >= 11 is 0. The molecular weight excluding hydrogens is 246 g/mol. The number of imide groups is 1. The van der Waals surface area contributed by atoms with Gasteiger partial charge in [0.15, 0.2) is 5.82 Å². The Morgan fingerprint density at radius 2 is 1.79 bits per heavy atom. The van der Waals surface area contributed by atoms with Crippen molar-refractivity contribution in [2.24, 2.45) is 18.9 Å². The first-order chi connectivity index (χ1) is 9.08. The highest BCUT2D eigenvalue weighted by molar-refractivity contribution is 6.22. The summed E-state index contributed by atoms with van der Waals surface area (Å²) in [6, 6.07) is 1.78. The lowest BCUT2D eigenvalue weighted by Gasteiger charge is -2.15. The maximum atomic E-state index is 12.5. The normalized spacial score (nSPS) is 36.4. The van der Waals surface area contributed by atoms with Crippen LogP contribution < -0.4 is 4.90 Å². The highest BCUT2D eigenvalue weighted by Gasteiger charge is 2.63. The van der Waals surface area contributed by atoms with Crippen molar-refractivity contribution >= 4 is 17.6 Å². The van der Waals surface area contributed by atoms with Crippen molar-refractivity contribution in [3.8, 4) is 0 Å². The minimum atomic E-state index is -0.284. The van der Waals surface area contributed by atoms with Crippen LogP contribution in [-0.4, -0.2) is 33.8 Å². The minimum Gasteiger partial charge on any atom is -0.373 e. The second kappa shape index (κ2) is 3.45. The molecular formula is C13H15N3O3. The zero-order valence-electron chi connectivity index (χ0n) is 10.9. The molecule has 1 aromatic rings. The smallest absolute Gasteiger partial charge is 0.241 e. The van der Waals surface area contributed by atoms with Gasteiger partial charge in [0.2, 0.25) is 11.8 Å². The zero-order chi connectivity index (χ0) is 13.3. The Balaban J connectivity index is 1.75. The minimum absolute atomic E-state index is 0.0683. The third-order valence-electron chi connectivity index (χ3n) is 4.61. The number of rotatable bonds is 1. The van der Waals surface area contributed by atoms with Gasteiger partial charge in [0.05, 0.1) is 24.0 Å². The van der Waals surface area contributed by atoms with Gasteiger partial charge in [-0.05, 0) is 19.8 Å². The molecule has 2 amide bonds. The van der Waals surface area contributed by atoms with Crippen LogP contribution in [0.5, 0.6) is 0 Å². The first-order valence-corrected chi connectivity index (χ1v) is 6.62.